The van der Waals surface area contributed by atoms with Crippen LogP contribution in [0, 0.1) is 5.92 Å². The van der Waals surface area contributed by atoms with Gasteiger partial charge < -0.3 is 9.67 Å². The van der Waals surface area contributed by atoms with Gasteiger partial charge in [0.2, 0.25) is 0 Å². The third-order valence-electron chi connectivity index (χ3n) is 4.05. The molecule has 0 aromatic carbocycles. The van der Waals surface area contributed by atoms with Crippen LogP contribution in [0.2, 0.25) is 0 Å². The Hall–Kier alpha value is -1.36. The maximum Gasteiger partial charge on any atom is 0.321 e. The van der Waals surface area contributed by atoms with E-state index in [0.717, 1.165) is 5.69 Å². The molecular weight excluding hydrogens is 218 g/mol. The van der Waals surface area contributed by atoms with E-state index in [1.807, 2.05) is 11.6 Å². The van der Waals surface area contributed by atoms with Gasteiger partial charge in [-0.25, -0.2) is 4.98 Å². The standard InChI is InChI=1S/C12H17N3O2/c1-15-6-13-8-5-9(12(16)17)14-10(11(8)15)7-3-2-4-7/h6-7,9-10,14H,2-5H2,1H3,(H,16,17)/t9-,10?/m1/s1. The highest BCUT2D eigenvalue weighted by Crippen LogP contribution is 2.40. The van der Waals surface area contributed by atoms with Crippen molar-refractivity contribution in [2.45, 2.75) is 37.8 Å². The molecule has 0 amide bonds. The Labute approximate surface area is 99.8 Å². The van der Waals surface area contributed by atoms with Gasteiger partial charge >= 0.3 is 5.97 Å². The number of nitrogens with one attached hydrogen (secondary N) is 1. The van der Waals surface area contributed by atoms with Crippen LogP contribution in [0.3, 0.4) is 0 Å². The molecule has 2 N–H and O–H groups in total. The zero-order valence-corrected chi connectivity index (χ0v) is 9.89. The summed E-state index contributed by atoms with van der Waals surface area (Å²) in [5.41, 5.74) is 2.14. The van der Waals surface area contributed by atoms with Gasteiger partial charge in [0.1, 0.15) is 6.04 Å². The average Bonchev–Trinajstić information content (AvgIpc) is 2.58. The topological polar surface area (TPSA) is 67.2 Å². The first-order chi connectivity index (χ1) is 8.16. The summed E-state index contributed by atoms with van der Waals surface area (Å²) in [7, 11) is 1.99. The van der Waals surface area contributed by atoms with Crippen molar-refractivity contribution in [1.29, 1.82) is 0 Å². The number of nitrogens with zero attached hydrogens (tertiary/aromatic N) is 2. The molecule has 0 radical (unpaired) electrons. The van der Waals surface area contributed by atoms with Crippen LogP contribution in [0.4, 0.5) is 0 Å². The molecule has 5 nitrogen and oxygen atoms in total. The number of carboxylic acid groups (broad SMARTS) is 1. The van der Waals surface area contributed by atoms with E-state index in [1.165, 1.54) is 25.0 Å². The molecular formula is C12H17N3O2. The Morgan fingerprint density at radius 3 is 2.94 bits per heavy atom. The summed E-state index contributed by atoms with van der Waals surface area (Å²) in [5, 5.41) is 12.4. The van der Waals surface area contributed by atoms with Crippen molar-refractivity contribution in [3.05, 3.63) is 17.7 Å². The normalized spacial score (nSPS) is 28.5. The van der Waals surface area contributed by atoms with Crippen molar-refractivity contribution in [2.24, 2.45) is 13.0 Å². The number of carbonyl (C=O) groups is 1. The van der Waals surface area contributed by atoms with E-state index in [-0.39, 0.29) is 6.04 Å². The lowest BCUT2D eigenvalue weighted by molar-refractivity contribution is -0.140. The minimum absolute atomic E-state index is 0.168. The SMILES string of the molecule is Cn1cnc2c1C(C1CCC1)N[C@@H](C(=O)O)C2. The lowest BCUT2D eigenvalue weighted by Crippen LogP contribution is -2.48. The van der Waals surface area contributed by atoms with Crippen molar-refractivity contribution in [3.63, 3.8) is 0 Å². The maximum atomic E-state index is 11.1. The lowest BCUT2D eigenvalue weighted by Gasteiger charge is -2.39. The zero-order chi connectivity index (χ0) is 12.0. The highest BCUT2D eigenvalue weighted by atomic mass is 16.4. The fourth-order valence-corrected chi connectivity index (χ4v) is 2.88. The Kier molecular flexibility index (Phi) is 2.43. The van der Waals surface area contributed by atoms with Gasteiger partial charge in [-0.2, -0.15) is 0 Å². The van der Waals surface area contributed by atoms with Gasteiger partial charge in [-0.15, -0.1) is 0 Å². The first-order valence-electron chi connectivity index (χ1n) is 6.15. The minimum atomic E-state index is -0.773. The van der Waals surface area contributed by atoms with Gasteiger partial charge in [-0.05, 0) is 18.8 Å². The smallest absolute Gasteiger partial charge is 0.321 e. The number of rotatable bonds is 2. The van der Waals surface area contributed by atoms with E-state index >= 15 is 0 Å². The van der Waals surface area contributed by atoms with Crippen molar-refractivity contribution in [1.82, 2.24) is 14.9 Å². The third-order valence-corrected chi connectivity index (χ3v) is 4.05. The summed E-state index contributed by atoms with van der Waals surface area (Å²) in [4.78, 5) is 15.5. The Morgan fingerprint density at radius 1 is 1.59 bits per heavy atom. The molecule has 1 aliphatic carbocycles. The molecule has 92 valence electrons. The predicted octanol–water partition coefficient (Wildman–Crippen LogP) is 0.860. The molecule has 1 saturated carbocycles. The summed E-state index contributed by atoms with van der Waals surface area (Å²) in [6.45, 7) is 0. The molecule has 17 heavy (non-hydrogen) atoms. The van der Waals surface area contributed by atoms with Gasteiger partial charge in [0, 0.05) is 13.5 Å². The molecule has 2 aliphatic rings. The van der Waals surface area contributed by atoms with Gasteiger partial charge in [-0.1, -0.05) is 6.42 Å². The highest BCUT2D eigenvalue weighted by Gasteiger charge is 2.39. The first-order valence-corrected chi connectivity index (χ1v) is 6.15. The van der Waals surface area contributed by atoms with E-state index in [4.69, 9.17) is 5.11 Å². The van der Waals surface area contributed by atoms with Gasteiger partial charge in [-0.3, -0.25) is 10.1 Å². The second kappa shape index (κ2) is 3.84. The van der Waals surface area contributed by atoms with Crippen LogP contribution in [-0.4, -0.2) is 26.7 Å². The van der Waals surface area contributed by atoms with Crippen LogP contribution in [0.15, 0.2) is 6.33 Å². The summed E-state index contributed by atoms with van der Waals surface area (Å²) in [6.07, 6.45) is 5.92. The number of aromatic nitrogens is 2. The number of fused-ring (bicyclic) bond motifs is 1. The predicted molar refractivity (Wildman–Crippen MR) is 61.6 cm³/mol. The average molecular weight is 235 g/mol. The fourth-order valence-electron chi connectivity index (χ4n) is 2.88. The van der Waals surface area contributed by atoms with Crippen molar-refractivity contribution >= 4 is 5.97 Å². The molecule has 2 heterocycles. The van der Waals surface area contributed by atoms with Gasteiger partial charge in [0.15, 0.2) is 0 Å². The van der Waals surface area contributed by atoms with Crippen LogP contribution in [0.1, 0.15) is 36.7 Å². The molecule has 2 atom stereocenters. The molecule has 3 rings (SSSR count). The summed E-state index contributed by atoms with van der Waals surface area (Å²) >= 11 is 0. The molecule has 1 aromatic rings. The molecule has 0 saturated heterocycles. The number of aliphatic carboxylic acids is 1. The van der Waals surface area contributed by atoms with Crippen LogP contribution in [0.5, 0.6) is 0 Å². The zero-order valence-electron chi connectivity index (χ0n) is 9.89. The maximum absolute atomic E-state index is 11.1. The van der Waals surface area contributed by atoms with Gasteiger partial charge in [0.05, 0.1) is 23.8 Å². The molecule has 5 heteroatoms. The molecule has 1 aromatic heterocycles. The molecule has 1 unspecified atom stereocenters. The minimum Gasteiger partial charge on any atom is -0.480 e. The number of hydrogen-bond donors (Lipinski definition) is 2. The monoisotopic (exact) mass is 235 g/mol. The lowest BCUT2D eigenvalue weighted by atomic mass is 9.76. The Bertz CT molecular complexity index is 451. The molecule has 1 aliphatic heterocycles. The highest BCUT2D eigenvalue weighted by molar-refractivity contribution is 5.74. The van der Waals surface area contributed by atoms with Crippen LogP contribution in [0.25, 0.3) is 0 Å². The third kappa shape index (κ3) is 1.65. The second-order valence-electron chi connectivity index (χ2n) is 5.12. The fraction of sp³-hybridized carbons (Fsp3) is 0.667. The number of hydrogen-bond acceptors (Lipinski definition) is 3. The second-order valence-corrected chi connectivity index (χ2v) is 5.12. The van der Waals surface area contributed by atoms with Crippen LogP contribution >= 0.6 is 0 Å². The van der Waals surface area contributed by atoms with E-state index in [2.05, 4.69) is 10.3 Å². The number of carboxylic acids is 1. The van der Waals surface area contributed by atoms with Crippen molar-refractivity contribution in [2.75, 3.05) is 0 Å². The number of imidazole rings is 1. The van der Waals surface area contributed by atoms with Gasteiger partial charge in [0.25, 0.3) is 0 Å². The summed E-state index contributed by atoms with van der Waals surface area (Å²) in [5.74, 6) is -0.197. The van der Waals surface area contributed by atoms with E-state index in [1.54, 1.807) is 6.33 Å². The van der Waals surface area contributed by atoms with E-state index in [9.17, 15) is 4.79 Å². The van der Waals surface area contributed by atoms with E-state index < -0.39 is 12.0 Å². The summed E-state index contributed by atoms with van der Waals surface area (Å²) < 4.78 is 2.03. The Morgan fingerprint density at radius 2 is 2.35 bits per heavy atom. The molecule has 0 spiro atoms. The van der Waals surface area contributed by atoms with Crippen molar-refractivity contribution < 1.29 is 9.90 Å². The molecule has 1 fully saturated rings. The first kappa shape index (κ1) is 10.8. The molecule has 0 bridgehead atoms. The van der Waals surface area contributed by atoms with Crippen LogP contribution in [-0.2, 0) is 18.3 Å². The number of aryl methyl sites for hydroxylation is 1. The van der Waals surface area contributed by atoms with Crippen molar-refractivity contribution in [3.8, 4) is 0 Å². The quantitative estimate of drug-likeness (QED) is 0.798. The van der Waals surface area contributed by atoms with Crippen LogP contribution < -0.4 is 5.32 Å². The Balaban J connectivity index is 1.95. The largest absolute Gasteiger partial charge is 0.480 e. The summed E-state index contributed by atoms with van der Waals surface area (Å²) in [6, 6.07) is -0.316. The van der Waals surface area contributed by atoms with E-state index in [0.29, 0.717) is 12.3 Å².